The maximum atomic E-state index is 9.30. The maximum Gasteiger partial charge on any atom is 0.221 e. The van der Waals surface area contributed by atoms with Crippen molar-refractivity contribution in [3.05, 3.63) is 53.9 Å². The number of rotatable bonds is 9. The Hall–Kier alpha value is -2.73. The number of fused-ring (bicyclic) bond motifs is 1. The number of nitrogens with two attached hydrogens (primary N) is 1. The summed E-state index contributed by atoms with van der Waals surface area (Å²) >= 11 is 0. The number of hydrogen-bond donors (Lipinski definition) is 3. The number of aliphatic hydroxyl groups excluding tert-OH is 1. The summed E-state index contributed by atoms with van der Waals surface area (Å²) in [5.74, 6) is 1.01. The lowest BCUT2D eigenvalue weighted by atomic mass is 10.1. The van der Waals surface area contributed by atoms with E-state index in [1.54, 1.807) is 6.20 Å². The number of para-hydroxylation sites is 1. The van der Waals surface area contributed by atoms with Gasteiger partial charge in [-0.25, -0.2) is 4.98 Å². The average Bonchev–Trinajstić information content (AvgIpc) is 2.67. The lowest BCUT2D eigenvalue weighted by Gasteiger charge is -2.20. The quantitative estimate of drug-likeness (QED) is 0.538. The van der Waals surface area contributed by atoms with Gasteiger partial charge in [-0.15, -0.1) is 0 Å². The minimum Gasteiger partial charge on any atom is -0.396 e. The molecule has 0 bridgehead atoms. The predicted octanol–water partition coefficient (Wildman–Crippen LogP) is 3.36. The molecule has 6 heteroatoms. The van der Waals surface area contributed by atoms with Gasteiger partial charge in [0.05, 0.1) is 5.52 Å². The van der Waals surface area contributed by atoms with Gasteiger partial charge in [0.2, 0.25) is 5.95 Å². The zero-order valence-electron chi connectivity index (χ0n) is 15.7. The van der Waals surface area contributed by atoms with Crippen LogP contribution in [0, 0.1) is 0 Å². The second-order valence-corrected chi connectivity index (χ2v) is 6.74. The van der Waals surface area contributed by atoms with Gasteiger partial charge in [0.25, 0.3) is 0 Å². The second kappa shape index (κ2) is 9.28. The van der Waals surface area contributed by atoms with Crippen molar-refractivity contribution in [3.8, 4) is 0 Å². The lowest BCUT2D eigenvalue weighted by Crippen LogP contribution is -2.23. The molecule has 2 aromatic heterocycles. The minimum atomic E-state index is 0.147. The van der Waals surface area contributed by atoms with Crippen molar-refractivity contribution < 1.29 is 5.11 Å². The molecule has 0 amide bonds. The molecule has 142 valence electrons. The number of aryl methyl sites for hydroxylation is 2. The molecule has 0 fully saturated rings. The molecular formula is C21H27N5O. The number of nitrogen functional groups attached to an aromatic ring is 1. The van der Waals surface area contributed by atoms with Crippen LogP contribution in [0.5, 0.6) is 0 Å². The molecule has 0 aliphatic rings. The molecule has 3 rings (SSSR count). The fraction of sp³-hybridized carbons (Fsp3) is 0.381. The molecule has 0 saturated heterocycles. The van der Waals surface area contributed by atoms with E-state index in [2.05, 4.69) is 40.4 Å². The van der Waals surface area contributed by atoms with Crippen molar-refractivity contribution >= 4 is 22.7 Å². The van der Waals surface area contributed by atoms with Gasteiger partial charge in [-0.3, -0.25) is 4.98 Å². The summed E-state index contributed by atoms with van der Waals surface area (Å²) in [5, 5.41) is 13.9. The third-order valence-corrected chi connectivity index (χ3v) is 4.65. The van der Waals surface area contributed by atoms with Crippen LogP contribution >= 0.6 is 0 Å². The Bertz CT molecular complexity index is 877. The number of aromatic nitrogens is 3. The van der Waals surface area contributed by atoms with E-state index >= 15 is 0 Å². The molecule has 0 aliphatic heterocycles. The topological polar surface area (TPSA) is 97.0 Å². The van der Waals surface area contributed by atoms with Gasteiger partial charge in [-0.2, -0.15) is 4.98 Å². The summed E-state index contributed by atoms with van der Waals surface area (Å²) in [6.07, 6.45) is 6.04. The molecular weight excluding hydrogens is 338 g/mol. The van der Waals surface area contributed by atoms with Gasteiger partial charge in [0.15, 0.2) is 0 Å². The first-order chi connectivity index (χ1) is 13.2. The highest BCUT2D eigenvalue weighted by Gasteiger charge is 2.13. The molecule has 0 spiro atoms. The van der Waals surface area contributed by atoms with Gasteiger partial charge in [0, 0.05) is 35.5 Å². The van der Waals surface area contributed by atoms with Crippen LogP contribution in [0.3, 0.4) is 0 Å². The normalized spacial score (nSPS) is 12.2. The Kier molecular flexibility index (Phi) is 6.54. The van der Waals surface area contributed by atoms with Crippen LogP contribution in [0.25, 0.3) is 10.9 Å². The van der Waals surface area contributed by atoms with E-state index in [-0.39, 0.29) is 18.6 Å². The van der Waals surface area contributed by atoms with Gasteiger partial charge in [-0.05, 0) is 37.8 Å². The van der Waals surface area contributed by atoms with Crippen molar-refractivity contribution in [1.29, 1.82) is 0 Å². The van der Waals surface area contributed by atoms with Crippen LogP contribution in [0.4, 0.5) is 11.8 Å². The molecule has 1 aromatic carbocycles. The molecule has 0 radical (unpaired) electrons. The number of hydrogen-bond acceptors (Lipinski definition) is 6. The smallest absolute Gasteiger partial charge is 0.221 e. The second-order valence-electron chi connectivity index (χ2n) is 6.74. The van der Waals surface area contributed by atoms with Gasteiger partial charge < -0.3 is 16.2 Å². The molecule has 1 atom stereocenters. The van der Waals surface area contributed by atoms with Crippen LogP contribution in [-0.2, 0) is 12.8 Å². The predicted molar refractivity (Wildman–Crippen MR) is 110 cm³/mol. The molecule has 0 unspecified atom stereocenters. The Morgan fingerprint density at radius 2 is 1.93 bits per heavy atom. The summed E-state index contributed by atoms with van der Waals surface area (Å²) < 4.78 is 0. The molecule has 4 N–H and O–H groups in total. The van der Waals surface area contributed by atoms with Gasteiger partial charge >= 0.3 is 0 Å². The van der Waals surface area contributed by atoms with E-state index < -0.39 is 0 Å². The van der Waals surface area contributed by atoms with Gasteiger partial charge in [-0.1, -0.05) is 37.6 Å². The summed E-state index contributed by atoms with van der Waals surface area (Å²) in [7, 11) is 0. The summed E-state index contributed by atoms with van der Waals surface area (Å²) in [5.41, 5.74) is 8.86. The van der Waals surface area contributed by atoms with Crippen molar-refractivity contribution in [1.82, 2.24) is 15.0 Å². The fourth-order valence-electron chi connectivity index (χ4n) is 3.22. The number of nitrogens with one attached hydrogen (secondary N) is 1. The largest absolute Gasteiger partial charge is 0.396 e. The Balaban J connectivity index is 1.75. The van der Waals surface area contributed by atoms with E-state index in [9.17, 15) is 5.11 Å². The first-order valence-electron chi connectivity index (χ1n) is 9.53. The third-order valence-electron chi connectivity index (χ3n) is 4.65. The average molecular weight is 365 g/mol. The minimum absolute atomic E-state index is 0.147. The first kappa shape index (κ1) is 19.0. The van der Waals surface area contributed by atoms with Crippen molar-refractivity contribution in [2.45, 2.75) is 45.1 Å². The van der Waals surface area contributed by atoms with Crippen molar-refractivity contribution in [2.75, 3.05) is 17.7 Å². The fourth-order valence-corrected chi connectivity index (χ4v) is 3.22. The van der Waals surface area contributed by atoms with Crippen LogP contribution in [-0.4, -0.2) is 32.7 Å². The van der Waals surface area contributed by atoms with Crippen molar-refractivity contribution in [2.24, 2.45) is 0 Å². The lowest BCUT2D eigenvalue weighted by molar-refractivity contribution is 0.276. The SMILES string of the molecule is CCC[C@@H](CCO)Nc1nc(N)ncc1CCc1ccc2ccccc2n1. The molecule has 0 aliphatic carbocycles. The molecule has 27 heavy (non-hydrogen) atoms. The molecule has 0 saturated carbocycles. The Morgan fingerprint density at radius 3 is 2.74 bits per heavy atom. The zero-order valence-corrected chi connectivity index (χ0v) is 15.7. The third kappa shape index (κ3) is 5.14. The number of benzene rings is 1. The van der Waals surface area contributed by atoms with Gasteiger partial charge in [0.1, 0.15) is 5.82 Å². The van der Waals surface area contributed by atoms with Crippen LogP contribution < -0.4 is 11.1 Å². The highest BCUT2D eigenvalue weighted by atomic mass is 16.3. The zero-order chi connectivity index (χ0) is 19.1. The monoisotopic (exact) mass is 365 g/mol. The van der Waals surface area contributed by atoms with E-state index in [1.807, 2.05) is 18.2 Å². The highest BCUT2D eigenvalue weighted by molar-refractivity contribution is 5.78. The molecule has 6 nitrogen and oxygen atoms in total. The van der Waals surface area contributed by atoms with E-state index in [0.717, 1.165) is 53.7 Å². The maximum absolute atomic E-state index is 9.30. The number of aliphatic hydroxyl groups is 1. The van der Waals surface area contributed by atoms with E-state index in [4.69, 9.17) is 10.7 Å². The van der Waals surface area contributed by atoms with Crippen LogP contribution in [0.15, 0.2) is 42.6 Å². The molecule has 3 aromatic rings. The van der Waals surface area contributed by atoms with E-state index in [0.29, 0.717) is 6.42 Å². The number of anilines is 2. The standard InChI is InChI=1S/C21H27N5O/c1-2-5-17(12-13-27)25-20-16(14-23-21(22)26-20)9-11-18-10-8-15-6-3-4-7-19(15)24-18/h3-4,6-8,10,14,17,27H,2,5,9,11-13H2,1H3,(H3,22,23,25,26)/t17-/m0/s1. The summed E-state index contributed by atoms with van der Waals surface area (Å²) in [4.78, 5) is 13.3. The highest BCUT2D eigenvalue weighted by Crippen LogP contribution is 2.19. The Morgan fingerprint density at radius 1 is 1.07 bits per heavy atom. The number of nitrogens with zero attached hydrogens (tertiary/aromatic N) is 3. The van der Waals surface area contributed by atoms with E-state index in [1.165, 1.54) is 0 Å². The number of pyridine rings is 1. The van der Waals surface area contributed by atoms with Crippen LogP contribution in [0.2, 0.25) is 0 Å². The van der Waals surface area contributed by atoms with Crippen LogP contribution in [0.1, 0.15) is 37.4 Å². The summed E-state index contributed by atoms with van der Waals surface area (Å²) in [6.45, 7) is 2.28. The molecule has 2 heterocycles. The first-order valence-corrected chi connectivity index (χ1v) is 9.53. The Labute approximate surface area is 159 Å². The van der Waals surface area contributed by atoms with Crippen molar-refractivity contribution in [3.63, 3.8) is 0 Å². The summed E-state index contributed by atoms with van der Waals surface area (Å²) in [6, 6.07) is 12.5.